The van der Waals surface area contributed by atoms with E-state index in [1.54, 1.807) is 0 Å². The molecule has 0 spiro atoms. The lowest BCUT2D eigenvalue weighted by atomic mass is 9.93. The molecule has 0 radical (unpaired) electrons. The van der Waals surface area contributed by atoms with Crippen LogP contribution in [-0.2, 0) is 0 Å². The minimum absolute atomic E-state index is 0.708. The lowest BCUT2D eigenvalue weighted by molar-refractivity contribution is 1.05. The van der Waals surface area contributed by atoms with Gasteiger partial charge in [-0.1, -0.05) is 164 Å². The van der Waals surface area contributed by atoms with E-state index in [0.717, 1.165) is 39.2 Å². The molecule has 0 bridgehead atoms. The van der Waals surface area contributed by atoms with Gasteiger partial charge in [-0.05, 0) is 71.1 Å². The Kier molecular flexibility index (Phi) is 8.30. The molecule has 3 heteroatoms. The van der Waals surface area contributed by atoms with Crippen LogP contribution in [0.2, 0.25) is 0 Å². The fourth-order valence-corrected chi connectivity index (χ4v) is 7.58. The monoisotopic (exact) mass is 679 g/mol. The molecule has 0 N–H and O–H groups in total. The van der Waals surface area contributed by atoms with Crippen LogP contribution in [0.1, 0.15) is 18.2 Å². The van der Waals surface area contributed by atoms with Crippen molar-refractivity contribution in [3.05, 3.63) is 193 Å². The Balaban J connectivity index is 1.13. The van der Waals surface area contributed by atoms with Crippen LogP contribution in [0.15, 0.2) is 182 Å². The summed E-state index contributed by atoms with van der Waals surface area (Å²) in [4.78, 5) is 10.3. The fraction of sp³-hybridized carbons (Fsp3) is 0.0400. The van der Waals surface area contributed by atoms with Gasteiger partial charge in [0.1, 0.15) is 0 Å². The second-order valence-electron chi connectivity index (χ2n) is 13.4. The van der Waals surface area contributed by atoms with E-state index in [1.165, 1.54) is 49.8 Å². The lowest BCUT2D eigenvalue weighted by Gasteiger charge is -2.15. The van der Waals surface area contributed by atoms with E-state index in [9.17, 15) is 0 Å². The van der Waals surface area contributed by atoms with Crippen molar-refractivity contribution in [1.29, 1.82) is 0 Å². The average molecular weight is 680 g/mol. The first-order valence-electron chi connectivity index (χ1n) is 18.1. The molecule has 0 fully saturated rings. The maximum atomic E-state index is 5.19. The van der Waals surface area contributed by atoms with Crippen molar-refractivity contribution in [3.8, 4) is 61.8 Å². The number of para-hydroxylation sites is 1. The van der Waals surface area contributed by atoms with Crippen LogP contribution in [0.5, 0.6) is 0 Å². The highest BCUT2D eigenvalue weighted by Gasteiger charge is 2.17. The predicted octanol–water partition coefficient (Wildman–Crippen LogP) is 13.3. The van der Waals surface area contributed by atoms with Crippen molar-refractivity contribution in [2.45, 2.75) is 13.8 Å². The van der Waals surface area contributed by atoms with Gasteiger partial charge in [0.05, 0.1) is 16.9 Å². The number of aromatic nitrogens is 3. The van der Waals surface area contributed by atoms with E-state index < -0.39 is 0 Å². The Morgan fingerprint density at radius 1 is 0.453 bits per heavy atom. The summed E-state index contributed by atoms with van der Waals surface area (Å²) in [6.07, 6.45) is 4.33. The van der Waals surface area contributed by atoms with E-state index in [1.807, 2.05) is 24.3 Å². The van der Waals surface area contributed by atoms with Gasteiger partial charge in [-0.25, -0.2) is 9.97 Å². The molecular formula is C50H37N3. The Hall–Kier alpha value is -6.84. The van der Waals surface area contributed by atoms with Crippen molar-refractivity contribution < 1.29 is 0 Å². The van der Waals surface area contributed by atoms with E-state index in [-0.39, 0.29) is 0 Å². The summed E-state index contributed by atoms with van der Waals surface area (Å²) in [6.45, 7) is 4.28. The molecule has 0 unspecified atom stereocenters. The molecule has 0 aliphatic carbocycles. The van der Waals surface area contributed by atoms with Crippen LogP contribution in [0.25, 0.3) is 89.6 Å². The van der Waals surface area contributed by atoms with Gasteiger partial charge >= 0.3 is 0 Å². The van der Waals surface area contributed by atoms with Crippen LogP contribution < -0.4 is 0 Å². The third-order valence-electron chi connectivity index (χ3n) is 10.2. The minimum Gasteiger partial charge on any atom is -0.313 e. The molecule has 0 amide bonds. The number of rotatable bonds is 7. The number of allylic oxidation sites excluding steroid dienone is 1. The fourth-order valence-electron chi connectivity index (χ4n) is 7.58. The molecule has 0 aliphatic rings. The number of fused-ring (bicyclic) bond motifs is 2. The van der Waals surface area contributed by atoms with Crippen LogP contribution in [0.4, 0.5) is 0 Å². The molecule has 2 aromatic heterocycles. The Bertz CT molecular complexity index is 2760. The molecule has 252 valence electrons. The van der Waals surface area contributed by atoms with Gasteiger partial charge in [-0.3, -0.25) is 0 Å². The van der Waals surface area contributed by atoms with E-state index >= 15 is 0 Å². The van der Waals surface area contributed by atoms with Gasteiger partial charge < -0.3 is 4.57 Å². The highest BCUT2D eigenvalue weighted by Crippen LogP contribution is 2.38. The van der Waals surface area contributed by atoms with Gasteiger partial charge in [0.2, 0.25) is 0 Å². The van der Waals surface area contributed by atoms with Crippen molar-refractivity contribution in [2.75, 3.05) is 0 Å². The quantitative estimate of drug-likeness (QED) is 0.168. The zero-order valence-corrected chi connectivity index (χ0v) is 29.7. The highest BCUT2D eigenvalue weighted by atomic mass is 15.0. The van der Waals surface area contributed by atoms with Crippen molar-refractivity contribution in [1.82, 2.24) is 14.5 Å². The largest absolute Gasteiger partial charge is 0.313 e. The first kappa shape index (κ1) is 32.1. The first-order chi connectivity index (χ1) is 26.2. The summed E-state index contributed by atoms with van der Waals surface area (Å²) in [5, 5.41) is 3.60. The van der Waals surface area contributed by atoms with E-state index in [2.05, 4.69) is 182 Å². The number of hydrogen-bond donors (Lipinski definition) is 0. The van der Waals surface area contributed by atoms with Crippen LogP contribution in [0, 0.1) is 6.92 Å². The van der Waals surface area contributed by atoms with Crippen LogP contribution >= 0.6 is 0 Å². The van der Waals surface area contributed by atoms with Gasteiger partial charge in [0.25, 0.3) is 0 Å². The number of hydrogen-bond acceptors (Lipinski definition) is 2. The standard InChI is InChI=1S/C50H37N3/c1-3-14-41-34(2)53(49-22-13-12-21-46(41)49)40-29-27-37(28-30-40)42-31-32-45(44-20-11-10-19-43(42)44)48-33-47(51-50(52-48)39-17-8-5-9-18-39)38-25-23-36(24-26-38)35-15-6-4-7-16-35/h3-33H,1-2H3/b14-3-. The van der Waals surface area contributed by atoms with Gasteiger partial charge in [0, 0.05) is 39.0 Å². The summed E-state index contributed by atoms with van der Waals surface area (Å²) in [6, 6.07) is 62.3. The van der Waals surface area contributed by atoms with Gasteiger partial charge in [0.15, 0.2) is 5.82 Å². The molecule has 0 aliphatic heterocycles. The third-order valence-corrected chi connectivity index (χ3v) is 10.2. The summed E-state index contributed by atoms with van der Waals surface area (Å²) in [5.41, 5.74) is 14.5. The maximum absolute atomic E-state index is 5.19. The molecule has 53 heavy (non-hydrogen) atoms. The minimum atomic E-state index is 0.708. The molecule has 0 saturated carbocycles. The second kappa shape index (κ2) is 13.7. The summed E-state index contributed by atoms with van der Waals surface area (Å²) < 4.78 is 2.36. The van der Waals surface area contributed by atoms with Crippen LogP contribution in [0.3, 0.4) is 0 Å². The number of benzene rings is 7. The normalized spacial score (nSPS) is 11.5. The Morgan fingerprint density at radius 3 is 1.68 bits per heavy atom. The molecule has 9 rings (SSSR count). The van der Waals surface area contributed by atoms with Gasteiger partial charge in [-0.15, -0.1) is 0 Å². The molecule has 2 heterocycles. The second-order valence-corrected chi connectivity index (χ2v) is 13.4. The molecule has 9 aromatic rings. The Morgan fingerprint density at radius 2 is 0.981 bits per heavy atom. The predicted molar refractivity (Wildman–Crippen MR) is 223 cm³/mol. The summed E-state index contributed by atoms with van der Waals surface area (Å²) in [7, 11) is 0. The molecule has 0 atom stereocenters. The average Bonchev–Trinajstić information content (AvgIpc) is 3.51. The molecular weight excluding hydrogens is 643 g/mol. The smallest absolute Gasteiger partial charge is 0.160 e. The van der Waals surface area contributed by atoms with E-state index in [4.69, 9.17) is 9.97 Å². The lowest BCUT2D eigenvalue weighted by Crippen LogP contribution is -1.97. The summed E-state index contributed by atoms with van der Waals surface area (Å²) in [5.74, 6) is 0.708. The number of nitrogens with zero attached hydrogens (tertiary/aromatic N) is 3. The zero-order chi connectivity index (χ0) is 35.7. The zero-order valence-electron chi connectivity index (χ0n) is 29.7. The summed E-state index contributed by atoms with van der Waals surface area (Å²) >= 11 is 0. The van der Waals surface area contributed by atoms with Crippen molar-refractivity contribution in [3.63, 3.8) is 0 Å². The highest BCUT2D eigenvalue weighted by molar-refractivity contribution is 6.05. The molecule has 7 aromatic carbocycles. The Labute approximate surface area is 310 Å². The van der Waals surface area contributed by atoms with Crippen molar-refractivity contribution in [2.24, 2.45) is 0 Å². The maximum Gasteiger partial charge on any atom is 0.160 e. The third kappa shape index (κ3) is 5.92. The van der Waals surface area contributed by atoms with Gasteiger partial charge in [-0.2, -0.15) is 0 Å². The molecule has 0 saturated heterocycles. The first-order valence-corrected chi connectivity index (χ1v) is 18.1. The molecule has 3 nitrogen and oxygen atoms in total. The topological polar surface area (TPSA) is 30.7 Å². The van der Waals surface area contributed by atoms with E-state index in [0.29, 0.717) is 5.82 Å². The van der Waals surface area contributed by atoms with Crippen molar-refractivity contribution >= 4 is 27.8 Å². The van der Waals surface area contributed by atoms with Crippen LogP contribution in [-0.4, -0.2) is 14.5 Å². The SMILES string of the molecule is C/C=C\c1c(C)n(-c2ccc(-c3ccc(-c4cc(-c5ccc(-c6ccccc6)cc5)nc(-c5ccccc5)n4)c4ccccc34)cc2)c2ccccc12.